The number of aliphatic hydroxyl groups is 1. The van der Waals surface area contributed by atoms with Crippen LogP contribution in [-0.4, -0.2) is 27.5 Å². The molecule has 0 aliphatic heterocycles. The summed E-state index contributed by atoms with van der Waals surface area (Å²) in [5.74, 6) is 0.584. The fourth-order valence-corrected chi connectivity index (χ4v) is 2.34. The van der Waals surface area contributed by atoms with Crippen LogP contribution in [0.3, 0.4) is 0 Å². The van der Waals surface area contributed by atoms with E-state index in [2.05, 4.69) is 51.2 Å². The zero-order chi connectivity index (χ0) is 14.6. The highest BCUT2D eigenvalue weighted by Gasteiger charge is 2.22. The highest BCUT2D eigenvalue weighted by molar-refractivity contribution is 5.23. The maximum atomic E-state index is 9.40. The van der Waals surface area contributed by atoms with E-state index in [1.807, 2.05) is 11.7 Å². The van der Waals surface area contributed by atoms with Gasteiger partial charge in [-0.1, -0.05) is 34.6 Å². The molecule has 4 nitrogen and oxygen atoms in total. The third-order valence-electron chi connectivity index (χ3n) is 3.17. The van der Waals surface area contributed by atoms with Gasteiger partial charge in [0.05, 0.1) is 12.3 Å². The lowest BCUT2D eigenvalue weighted by molar-refractivity contribution is 0.223. The van der Waals surface area contributed by atoms with E-state index in [0.717, 1.165) is 18.7 Å². The molecule has 0 aromatic carbocycles. The largest absolute Gasteiger partial charge is 0.395 e. The summed E-state index contributed by atoms with van der Waals surface area (Å²) in [6.45, 7) is 11.8. The van der Waals surface area contributed by atoms with Crippen molar-refractivity contribution in [3.05, 3.63) is 17.5 Å². The molecule has 0 aliphatic rings. The summed E-state index contributed by atoms with van der Waals surface area (Å²) in [5, 5.41) is 17.4. The molecule has 0 bridgehead atoms. The van der Waals surface area contributed by atoms with Crippen molar-refractivity contribution in [1.82, 2.24) is 15.1 Å². The van der Waals surface area contributed by atoms with Crippen LogP contribution in [0.1, 0.15) is 52.3 Å². The summed E-state index contributed by atoms with van der Waals surface area (Å²) < 4.78 is 1.87. The van der Waals surface area contributed by atoms with Crippen LogP contribution in [0.25, 0.3) is 0 Å². The van der Waals surface area contributed by atoms with Crippen LogP contribution in [0.4, 0.5) is 0 Å². The third-order valence-corrected chi connectivity index (χ3v) is 3.17. The molecule has 1 atom stereocenters. The van der Waals surface area contributed by atoms with Gasteiger partial charge in [-0.25, -0.2) is 0 Å². The molecule has 1 unspecified atom stereocenters. The molecule has 0 aliphatic carbocycles. The second-order valence-electron chi connectivity index (χ2n) is 6.82. The third kappa shape index (κ3) is 4.96. The first-order valence-corrected chi connectivity index (χ1v) is 7.11. The molecule has 0 saturated heterocycles. The van der Waals surface area contributed by atoms with Gasteiger partial charge in [0.15, 0.2) is 0 Å². The highest BCUT2D eigenvalue weighted by Crippen LogP contribution is 2.24. The van der Waals surface area contributed by atoms with Crippen LogP contribution >= 0.6 is 0 Å². The van der Waals surface area contributed by atoms with Crippen LogP contribution in [0.15, 0.2) is 6.20 Å². The first-order chi connectivity index (χ1) is 8.74. The Balaban J connectivity index is 2.72. The van der Waals surface area contributed by atoms with Gasteiger partial charge in [0.25, 0.3) is 0 Å². The van der Waals surface area contributed by atoms with Crippen molar-refractivity contribution in [2.75, 3.05) is 6.61 Å². The molecule has 0 amide bonds. The van der Waals surface area contributed by atoms with Crippen molar-refractivity contribution in [3.63, 3.8) is 0 Å². The summed E-state index contributed by atoms with van der Waals surface area (Å²) in [5.41, 5.74) is 2.39. The number of hydrogen-bond acceptors (Lipinski definition) is 3. The second kappa shape index (κ2) is 6.53. The maximum absolute atomic E-state index is 9.40. The fraction of sp³-hybridized carbons (Fsp3) is 0.800. The number of rotatable bonds is 6. The Morgan fingerprint density at radius 2 is 2.00 bits per heavy atom. The lowest BCUT2D eigenvalue weighted by Crippen LogP contribution is -2.33. The first kappa shape index (κ1) is 16.2. The summed E-state index contributed by atoms with van der Waals surface area (Å²) in [7, 11) is 1.95. The van der Waals surface area contributed by atoms with Gasteiger partial charge in [-0.3, -0.25) is 4.68 Å². The van der Waals surface area contributed by atoms with Crippen molar-refractivity contribution < 1.29 is 5.11 Å². The number of aryl methyl sites for hydroxylation is 1. The summed E-state index contributed by atoms with van der Waals surface area (Å²) in [6, 6.07) is 0.160. The van der Waals surface area contributed by atoms with E-state index in [0.29, 0.717) is 5.92 Å². The fourth-order valence-electron chi connectivity index (χ4n) is 2.34. The Bertz CT molecular complexity index is 391. The molecule has 0 fully saturated rings. The van der Waals surface area contributed by atoms with Gasteiger partial charge in [-0.15, -0.1) is 0 Å². The minimum Gasteiger partial charge on any atom is -0.395 e. The standard InChI is InChI=1S/C15H29N3O/c1-11(2)7-13(10-19)16-8-12-9-18(6)17-14(12)15(3,4)5/h9,11,13,16,19H,7-8,10H2,1-6H3. The van der Waals surface area contributed by atoms with Gasteiger partial charge in [-0.05, 0) is 12.3 Å². The smallest absolute Gasteiger partial charge is 0.0722 e. The van der Waals surface area contributed by atoms with Gasteiger partial charge in [0.2, 0.25) is 0 Å². The first-order valence-electron chi connectivity index (χ1n) is 7.11. The molecule has 2 N–H and O–H groups in total. The van der Waals surface area contributed by atoms with Crippen LogP contribution < -0.4 is 5.32 Å². The van der Waals surface area contributed by atoms with Gasteiger partial charge < -0.3 is 10.4 Å². The predicted octanol–water partition coefficient (Wildman–Crippen LogP) is 2.21. The summed E-state index contributed by atoms with van der Waals surface area (Å²) >= 11 is 0. The Morgan fingerprint density at radius 1 is 1.37 bits per heavy atom. The second-order valence-corrected chi connectivity index (χ2v) is 6.82. The minimum absolute atomic E-state index is 0.0467. The van der Waals surface area contributed by atoms with Crippen molar-refractivity contribution in [3.8, 4) is 0 Å². The molecule has 1 heterocycles. The van der Waals surface area contributed by atoms with E-state index < -0.39 is 0 Å². The minimum atomic E-state index is 0.0467. The van der Waals surface area contributed by atoms with Crippen molar-refractivity contribution in [2.24, 2.45) is 13.0 Å². The van der Waals surface area contributed by atoms with Crippen LogP contribution in [0.5, 0.6) is 0 Å². The number of aromatic nitrogens is 2. The summed E-state index contributed by atoms with van der Waals surface area (Å²) in [6.07, 6.45) is 3.05. The van der Waals surface area contributed by atoms with E-state index in [9.17, 15) is 5.11 Å². The number of nitrogens with zero attached hydrogens (tertiary/aromatic N) is 2. The van der Waals surface area contributed by atoms with Gasteiger partial charge in [0.1, 0.15) is 0 Å². The van der Waals surface area contributed by atoms with Crippen LogP contribution in [-0.2, 0) is 19.0 Å². The van der Waals surface area contributed by atoms with Crippen LogP contribution in [0, 0.1) is 5.92 Å². The van der Waals surface area contributed by atoms with E-state index in [1.165, 1.54) is 5.56 Å². The normalized spacial score (nSPS) is 14.1. The molecule has 1 aromatic rings. The molecule has 4 heteroatoms. The summed E-state index contributed by atoms with van der Waals surface area (Å²) in [4.78, 5) is 0. The zero-order valence-corrected chi connectivity index (χ0v) is 13.2. The Morgan fingerprint density at radius 3 is 2.47 bits per heavy atom. The highest BCUT2D eigenvalue weighted by atomic mass is 16.3. The Kier molecular flexibility index (Phi) is 5.56. The SMILES string of the molecule is CC(C)CC(CO)NCc1cn(C)nc1C(C)(C)C. The monoisotopic (exact) mass is 267 g/mol. The van der Waals surface area contributed by atoms with Crippen molar-refractivity contribution in [1.29, 1.82) is 0 Å². The molecular weight excluding hydrogens is 238 g/mol. The average Bonchev–Trinajstić information content (AvgIpc) is 2.65. The topological polar surface area (TPSA) is 50.1 Å². The quantitative estimate of drug-likeness (QED) is 0.831. The predicted molar refractivity (Wildman–Crippen MR) is 79.1 cm³/mol. The van der Waals surface area contributed by atoms with Gasteiger partial charge in [-0.2, -0.15) is 5.10 Å². The van der Waals surface area contributed by atoms with E-state index in [4.69, 9.17) is 0 Å². The molecule has 0 saturated carbocycles. The molecule has 0 spiro atoms. The molecule has 110 valence electrons. The van der Waals surface area contributed by atoms with E-state index in [1.54, 1.807) is 0 Å². The van der Waals surface area contributed by atoms with Crippen molar-refractivity contribution in [2.45, 2.75) is 59.0 Å². The molecule has 1 rings (SSSR count). The molecule has 19 heavy (non-hydrogen) atoms. The van der Waals surface area contributed by atoms with E-state index >= 15 is 0 Å². The van der Waals surface area contributed by atoms with Crippen LogP contribution in [0.2, 0.25) is 0 Å². The lowest BCUT2D eigenvalue weighted by Gasteiger charge is -2.21. The maximum Gasteiger partial charge on any atom is 0.0722 e. The van der Waals surface area contributed by atoms with Gasteiger partial charge >= 0.3 is 0 Å². The molecule has 1 aromatic heterocycles. The number of aliphatic hydroxyl groups excluding tert-OH is 1. The molecule has 0 radical (unpaired) electrons. The Hall–Kier alpha value is -0.870. The van der Waals surface area contributed by atoms with E-state index in [-0.39, 0.29) is 18.1 Å². The zero-order valence-electron chi connectivity index (χ0n) is 13.2. The van der Waals surface area contributed by atoms with Gasteiger partial charge in [0, 0.05) is 36.8 Å². The molecular formula is C15H29N3O. The number of hydrogen-bond donors (Lipinski definition) is 2. The van der Waals surface area contributed by atoms with Crippen molar-refractivity contribution >= 4 is 0 Å². The Labute approximate surface area is 117 Å². The number of nitrogens with one attached hydrogen (secondary N) is 1. The average molecular weight is 267 g/mol. The lowest BCUT2D eigenvalue weighted by atomic mass is 9.89.